The van der Waals surface area contributed by atoms with E-state index in [0.29, 0.717) is 11.3 Å². The molecule has 0 heterocycles. The van der Waals surface area contributed by atoms with Gasteiger partial charge in [-0.25, -0.2) is 4.39 Å². The van der Waals surface area contributed by atoms with E-state index < -0.39 is 6.10 Å². The number of benzene rings is 1. The molecule has 0 aliphatic rings. The number of nitrogens with two attached hydrogens (primary N) is 1. The molecule has 1 aromatic carbocycles. The zero-order chi connectivity index (χ0) is 11.4. The number of aliphatic hydroxyl groups is 1. The van der Waals surface area contributed by atoms with Gasteiger partial charge >= 0.3 is 0 Å². The van der Waals surface area contributed by atoms with E-state index in [1.54, 1.807) is 26.0 Å². The topological polar surface area (TPSA) is 55.5 Å². The summed E-state index contributed by atoms with van der Waals surface area (Å²) in [5.74, 6) is 0.0586. The van der Waals surface area contributed by atoms with E-state index in [2.05, 4.69) is 0 Å². The molecule has 3 N–H and O–H groups in total. The van der Waals surface area contributed by atoms with Crippen molar-refractivity contribution >= 4 is 0 Å². The Kier molecular flexibility index (Phi) is 4.05. The van der Waals surface area contributed by atoms with Crippen LogP contribution in [0.25, 0.3) is 0 Å². The monoisotopic (exact) mass is 213 g/mol. The minimum absolute atomic E-state index is 0.187. The van der Waals surface area contributed by atoms with Crippen molar-refractivity contribution in [3.05, 3.63) is 29.6 Å². The Labute approximate surface area is 88.7 Å². The first-order valence-corrected chi connectivity index (χ1v) is 4.84. The molecule has 0 saturated heterocycles. The van der Waals surface area contributed by atoms with Gasteiger partial charge in [0, 0.05) is 12.1 Å². The summed E-state index contributed by atoms with van der Waals surface area (Å²) in [6, 6.07) is 4.27. The van der Waals surface area contributed by atoms with E-state index in [1.807, 2.05) is 0 Å². The lowest BCUT2D eigenvalue weighted by molar-refractivity contribution is 0.0987. The van der Waals surface area contributed by atoms with Gasteiger partial charge in [0.25, 0.3) is 0 Å². The minimum Gasteiger partial charge on any atom is -0.486 e. The lowest BCUT2D eigenvalue weighted by atomic mass is 10.2. The van der Waals surface area contributed by atoms with E-state index in [0.717, 1.165) is 0 Å². The van der Waals surface area contributed by atoms with E-state index in [9.17, 15) is 4.39 Å². The second-order valence-electron chi connectivity index (χ2n) is 3.61. The largest absolute Gasteiger partial charge is 0.486 e. The van der Waals surface area contributed by atoms with Gasteiger partial charge in [0.15, 0.2) is 0 Å². The number of aryl methyl sites for hydroxylation is 1. The fourth-order valence-corrected chi connectivity index (χ4v) is 1.13. The second-order valence-corrected chi connectivity index (χ2v) is 3.61. The van der Waals surface area contributed by atoms with Crippen molar-refractivity contribution in [2.24, 2.45) is 5.73 Å². The molecule has 0 aliphatic carbocycles. The Morgan fingerprint density at radius 2 is 2.20 bits per heavy atom. The van der Waals surface area contributed by atoms with Gasteiger partial charge in [0.05, 0.1) is 6.61 Å². The molecule has 0 aromatic heterocycles. The molecule has 3 nitrogen and oxygen atoms in total. The predicted molar refractivity (Wildman–Crippen MR) is 56.3 cm³/mol. The highest BCUT2D eigenvalue weighted by atomic mass is 19.1. The Morgan fingerprint density at radius 3 is 2.67 bits per heavy atom. The Hall–Kier alpha value is -1.13. The van der Waals surface area contributed by atoms with Gasteiger partial charge < -0.3 is 15.6 Å². The van der Waals surface area contributed by atoms with Crippen molar-refractivity contribution in [2.45, 2.75) is 26.0 Å². The van der Waals surface area contributed by atoms with Gasteiger partial charge in [-0.1, -0.05) is 6.07 Å². The molecule has 0 amide bonds. The molecular formula is C11H16FNO2. The van der Waals surface area contributed by atoms with Crippen molar-refractivity contribution in [1.29, 1.82) is 0 Å². The number of aliphatic hydroxyl groups excluding tert-OH is 1. The third-order valence-electron chi connectivity index (χ3n) is 2.20. The molecule has 0 spiro atoms. The van der Waals surface area contributed by atoms with Crippen LogP contribution in [0, 0.1) is 12.7 Å². The molecule has 84 valence electrons. The molecule has 1 aromatic rings. The van der Waals surface area contributed by atoms with Crippen LogP contribution in [0.4, 0.5) is 4.39 Å². The van der Waals surface area contributed by atoms with Crippen LogP contribution in [-0.2, 0) is 0 Å². The molecule has 2 atom stereocenters. The fourth-order valence-electron chi connectivity index (χ4n) is 1.13. The van der Waals surface area contributed by atoms with Crippen LogP contribution in [0.15, 0.2) is 18.2 Å². The Balaban J connectivity index is 2.75. The lowest BCUT2D eigenvalue weighted by Gasteiger charge is -2.20. The summed E-state index contributed by atoms with van der Waals surface area (Å²) in [5, 5.41) is 8.98. The molecular weight excluding hydrogens is 197 g/mol. The predicted octanol–water partition coefficient (Wildman–Crippen LogP) is 1.22. The van der Waals surface area contributed by atoms with Crippen LogP contribution in [-0.4, -0.2) is 23.9 Å². The first-order chi connectivity index (χ1) is 7.04. The molecule has 1 rings (SSSR count). The van der Waals surface area contributed by atoms with E-state index in [-0.39, 0.29) is 18.5 Å². The van der Waals surface area contributed by atoms with Gasteiger partial charge in [0.2, 0.25) is 0 Å². The van der Waals surface area contributed by atoms with Crippen molar-refractivity contribution in [3.8, 4) is 5.75 Å². The first kappa shape index (κ1) is 11.9. The van der Waals surface area contributed by atoms with Crippen LogP contribution >= 0.6 is 0 Å². The zero-order valence-electron chi connectivity index (χ0n) is 8.90. The maximum absolute atomic E-state index is 13.2. The fraction of sp³-hybridized carbons (Fsp3) is 0.455. The standard InChI is InChI=1S/C11H16FNO2/c1-7-3-4-9(5-10(7)12)15-11(6-14)8(2)13/h3-5,8,11,14H,6,13H2,1-2H3. The summed E-state index contributed by atoms with van der Waals surface area (Å²) < 4.78 is 18.5. The Bertz CT molecular complexity index is 328. The maximum Gasteiger partial charge on any atom is 0.136 e. The summed E-state index contributed by atoms with van der Waals surface area (Å²) in [6.07, 6.45) is -0.507. The zero-order valence-corrected chi connectivity index (χ0v) is 8.90. The summed E-state index contributed by atoms with van der Waals surface area (Å²) in [6.45, 7) is 3.22. The third-order valence-corrected chi connectivity index (χ3v) is 2.20. The SMILES string of the molecule is Cc1ccc(OC(CO)C(C)N)cc1F. The van der Waals surface area contributed by atoms with Crippen molar-refractivity contribution < 1.29 is 14.2 Å². The number of rotatable bonds is 4. The van der Waals surface area contributed by atoms with Crippen LogP contribution in [0.2, 0.25) is 0 Å². The molecule has 0 fully saturated rings. The molecule has 0 saturated carbocycles. The van der Waals surface area contributed by atoms with Crippen LogP contribution < -0.4 is 10.5 Å². The van der Waals surface area contributed by atoms with E-state index in [1.165, 1.54) is 6.07 Å². The van der Waals surface area contributed by atoms with Crippen LogP contribution in [0.1, 0.15) is 12.5 Å². The van der Waals surface area contributed by atoms with Gasteiger partial charge in [-0.15, -0.1) is 0 Å². The summed E-state index contributed by atoms with van der Waals surface area (Å²) in [4.78, 5) is 0. The van der Waals surface area contributed by atoms with Gasteiger partial charge in [-0.05, 0) is 25.5 Å². The molecule has 2 unspecified atom stereocenters. The van der Waals surface area contributed by atoms with E-state index in [4.69, 9.17) is 15.6 Å². The second kappa shape index (κ2) is 5.09. The molecule has 15 heavy (non-hydrogen) atoms. The highest BCUT2D eigenvalue weighted by molar-refractivity contribution is 5.28. The molecule has 0 radical (unpaired) electrons. The number of ether oxygens (including phenoxy) is 1. The van der Waals surface area contributed by atoms with Crippen molar-refractivity contribution in [2.75, 3.05) is 6.61 Å². The molecule has 4 heteroatoms. The Morgan fingerprint density at radius 1 is 1.53 bits per heavy atom. The number of halogens is 1. The summed E-state index contributed by atoms with van der Waals surface area (Å²) >= 11 is 0. The minimum atomic E-state index is -0.507. The summed E-state index contributed by atoms with van der Waals surface area (Å²) in [7, 11) is 0. The number of hydrogen-bond donors (Lipinski definition) is 2. The summed E-state index contributed by atoms with van der Waals surface area (Å²) in [5.41, 5.74) is 6.14. The highest BCUT2D eigenvalue weighted by Crippen LogP contribution is 2.17. The van der Waals surface area contributed by atoms with Gasteiger partial charge in [0.1, 0.15) is 17.7 Å². The highest BCUT2D eigenvalue weighted by Gasteiger charge is 2.14. The smallest absolute Gasteiger partial charge is 0.136 e. The molecule has 0 bridgehead atoms. The number of hydrogen-bond acceptors (Lipinski definition) is 3. The normalized spacial score (nSPS) is 14.7. The van der Waals surface area contributed by atoms with Crippen LogP contribution in [0.5, 0.6) is 5.75 Å². The molecule has 0 aliphatic heterocycles. The van der Waals surface area contributed by atoms with Crippen molar-refractivity contribution in [1.82, 2.24) is 0 Å². The average molecular weight is 213 g/mol. The third kappa shape index (κ3) is 3.18. The lowest BCUT2D eigenvalue weighted by Crippen LogP contribution is -2.39. The first-order valence-electron chi connectivity index (χ1n) is 4.84. The van der Waals surface area contributed by atoms with Gasteiger partial charge in [-0.2, -0.15) is 0 Å². The van der Waals surface area contributed by atoms with Gasteiger partial charge in [-0.3, -0.25) is 0 Å². The van der Waals surface area contributed by atoms with Crippen molar-refractivity contribution in [3.63, 3.8) is 0 Å². The average Bonchev–Trinajstić information content (AvgIpc) is 2.19. The maximum atomic E-state index is 13.2. The quantitative estimate of drug-likeness (QED) is 0.790. The van der Waals surface area contributed by atoms with E-state index >= 15 is 0 Å². The van der Waals surface area contributed by atoms with Crippen LogP contribution in [0.3, 0.4) is 0 Å².